The lowest BCUT2D eigenvalue weighted by Gasteiger charge is -2.32. The quantitative estimate of drug-likeness (QED) is 0.820. The maximum Gasteiger partial charge on any atom is 0.119 e. The van der Waals surface area contributed by atoms with E-state index in [-0.39, 0.29) is 0 Å². The Kier molecular flexibility index (Phi) is 4.71. The number of ether oxygens (including phenoxy) is 1. The van der Waals surface area contributed by atoms with Crippen LogP contribution in [-0.4, -0.2) is 56.2 Å². The number of hydrogen-bond acceptors (Lipinski definition) is 4. The van der Waals surface area contributed by atoms with E-state index < -0.39 is 0 Å². The van der Waals surface area contributed by atoms with Crippen molar-refractivity contribution in [3.05, 3.63) is 24.3 Å². The van der Waals surface area contributed by atoms with Crippen LogP contribution < -0.4 is 4.74 Å². The highest BCUT2D eigenvalue weighted by Crippen LogP contribution is 2.14. The molecule has 0 N–H and O–H groups in total. The van der Waals surface area contributed by atoms with Gasteiger partial charge in [0.25, 0.3) is 0 Å². The third kappa shape index (κ3) is 4.22. The molecule has 0 radical (unpaired) electrons. The predicted molar refractivity (Wildman–Crippen MR) is 73.1 cm³/mol. The molecule has 1 aliphatic heterocycles. The van der Waals surface area contributed by atoms with Gasteiger partial charge in [0.2, 0.25) is 0 Å². The van der Waals surface area contributed by atoms with Crippen molar-refractivity contribution in [2.75, 3.05) is 46.4 Å². The molecule has 0 bridgehead atoms. The smallest absolute Gasteiger partial charge is 0.119 e. The van der Waals surface area contributed by atoms with Gasteiger partial charge in [-0.25, -0.2) is 0 Å². The molecule has 1 aliphatic rings. The first-order chi connectivity index (χ1) is 8.24. The lowest BCUT2D eigenvalue weighted by Crippen LogP contribution is -2.45. The lowest BCUT2D eigenvalue weighted by molar-refractivity contribution is 0.133. The van der Waals surface area contributed by atoms with Crippen LogP contribution >= 0.6 is 12.6 Å². The number of likely N-dealkylation sites (N-methyl/N-ethyl adjacent to an activating group) is 1. The van der Waals surface area contributed by atoms with Gasteiger partial charge in [-0.3, -0.25) is 4.90 Å². The summed E-state index contributed by atoms with van der Waals surface area (Å²) >= 11 is 4.25. The number of thiol groups is 1. The molecule has 0 unspecified atom stereocenters. The molecule has 94 valence electrons. The van der Waals surface area contributed by atoms with Crippen molar-refractivity contribution in [3.8, 4) is 5.75 Å². The monoisotopic (exact) mass is 252 g/mol. The molecule has 4 heteroatoms. The second kappa shape index (κ2) is 6.28. The summed E-state index contributed by atoms with van der Waals surface area (Å²) in [6.07, 6.45) is 0. The zero-order valence-corrected chi connectivity index (χ0v) is 11.2. The predicted octanol–water partition coefficient (Wildman–Crippen LogP) is 1.60. The van der Waals surface area contributed by atoms with Crippen LogP contribution in [0.2, 0.25) is 0 Å². The van der Waals surface area contributed by atoms with E-state index in [0.717, 1.165) is 50.0 Å². The van der Waals surface area contributed by atoms with E-state index in [1.54, 1.807) is 0 Å². The van der Waals surface area contributed by atoms with Crippen LogP contribution in [0.25, 0.3) is 0 Å². The summed E-state index contributed by atoms with van der Waals surface area (Å²) in [4.78, 5) is 5.78. The first kappa shape index (κ1) is 12.7. The molecule has 0 aliphatic carbocycles. The average Bonchev–Trinajstić information content (AvgIpc) is 2.34. The van der Waals surface area contributed by atoms with Crippen LogP contribution in [0.1, 0.15) is 0 Å². The molecule has 0 spiro atoms. The summed E-state index contributed by atoms with van der Waals surface area (Å²) in [5.74, 6) is 0.928. The van der Waals surface area contributed by atoms with Gasteiger partial charge < -0.3 is 9.64 Å². The number of rotatable bonds is 4. The Labute approximate surface area is 109 Å². The van der Waals surface area contributed by atoms with Crippen molar-refractivity contribution in [1.82, 2.24) is 9.80 Å². The Morgan fingerprint density at radius 1 is 1.12 bits per heavy atom. The fourth-order valence-electron chi connectivity index (χ4n) is 1.91. The number of hydrogen-bond donors (Lipinski definition) is 1. The van der Waals surface area contributed by atoms with Gasteiger partial charge in [0.15, 0.2) is 0 Å². The summed E-state index contributed by atoms with van der Waals surface area (Å²) in [6, 6.07) is 7.83. The summed E-state index contributed by atoms with van der Waals surface area (Å²) in [7, 11) is 2.17. The van der Waals surface area contributed by atoms with Crippen molar-refractivity contribution < 1.29 is 4.74 Å². The third-order valence-corrected chi connectivity index (χ3v) is 3.41. The van der Waals surface area contributed by atoms with Crippen LogP contribution in [0.15, 0.2) is 29.2 Å². The standard InChI is InChI=1S/C13H20N2OS/c1-14-6-8-15(9-7-14)10-11-16-12-2-4-13(17)5-3-12/h2-5,17H,6-11H2,1H3. The fourth-order valence-corrected chi connectivity index (χ4v) is 2.06. The molecule has 1 heterocycles. The first-order valence-electron chi connectivity index (χ1n) is 6.07. The van der Waals surface area contributed by atoms with Crippen molar-refractivity contribution in [1.29, 1.82) is 0 Å². The van der Waals surface area contributed by atoms with Crippen molar-refractivity contribution in [2.24, 2.45) is 0 Å². The minimum absolute atomic E-state index is 0.760. The molecule has 2 rings (SSSR count). The van der Waals surface area contributed by atoms with Gasteiger partial charge in [-0.2, -0.15) is 0 Å². The van der Waals surface area contributed by atoms with Gasteiger partial charge in [0, 0.05) is 37.6 Å². The molecule has 1 aromatic carbocycles. The highest BCUT2D eigenvalue weighted by Gasteiger charge is 2.12. The van der Waals surface area contributed by atoms with Gasteiger partial charge in [0.1, 0.15) is 12.4 Å². The van der Waals surface area contributed by atoms with Gasteiger partial charge in [-0.15, -0.1) is 12.6 Å². The lowest BCUT2D eigenvalue weighted by atomic mass is 10.3. The Balaban J connectivity index is 1.67. The SMILES string of the molecule is CN1CCN(CCOc2ccc(S)cc2)CC1. The van der Waals surface area contributed by atoms with Crippen LogP contribution in [0, 0.1) is 0 Å². The van der Waals surface area contributed by atoms with Crippen LogP contribution in [0.4, 0.5) is 0 Å². The Morgan fingerprint density at radius 2 is 1.76 bits per heavy atom. The summed E-state index contributed by atoms with van der Waals surface area (Å²) in [6.45, 7) is 6.39. The van der Waals surface area contributed by atoms with E-state index in [1.165, 1.54) is 0 Å². The third-order valence-electron chi connectivity index (χ3n) is 3.11. The topological polar surface area (TPSA) is 15.7 Å². The highest BCUT2D eigenvalue weighted by molar-refractivity contribution is 7.80. The van der Waals surface area contributed by atoms with E-state index >= 15 is 0 Å². The molecular formula is C13H20N2OS. The molecule has 1 saturated heterocycles. The Bertz CT molecular complexity index is 334. The maximum atomic E-state index is 5.70. The van der Waals surface area contributed by atoms with E-state index in [0.29, 0.717) is 0 Å². The number of benzene rings is 1. The number of nitrogens with zero attached hydrogens (tertiary/aromatic N) is 2. The molecule has 17 heavy (non-hydrogen) atoms. The minimum atomic E-state index is 0.760. The summed E-state index contributed by atoms with van der Waals surface area (Å²) in [5.41, 5.74) is 0. The summed E-state index contributed by atoms with van der Waals surface area (Å²) < 4.78 is 5.70. The second-order valence-electron chi connectivity index (χ2n) is 4.49. The van der Waals surface area contributed by atoms with Crippen LogP contribution in [0.5, 0.6) is 5.75 Å². The van der Waals surface area contributed by atoms with E-state index in [2.05, 4.69) is 29.5 Å². The second-order valence-corrected chi connectivity index (χ2v) is 5.00. The van der Waals surface area contributed by atoms with Crippen LogP contribution in [0.3, 0.4) is 0 Å². The molecule has 0 saturated carbocycles. The average molecular weight is 252 g/mol. The van der Waals surface area contributed by atoms with E-state index in [4.69, 9.17) is 4.74 Å². The minimum Gasteiger partial charge on any atom is -0.492 e. The molecule has 0 amide bonds. The van der Waals surface area contributed by atoms with Crippen LogP contribution in [-0.2, 0) is 0 Å². The molecule has 0 aromatic heterocycles. The van der Waals surface area contributed by atoms with Crippen molar-refractivity contribution in [2.45, 2.75) is 4.90 Å². The van der Waals surface area contributed by atoms with Gasteiger partial charge in [0.05, 0.1) is 0 Å². The first-order valence-corrected chi connectivity index (χ1v) is 6.51. The molecular weight excluding hydrogens is 232 g/mol. The van der Waals surface area contributed by atoms with Gasteiger partial charge in [-0.1, -0.05) is 0 Å². The Morgan fingerprint density at radius 3 is 2.41 bits per heavy atom. The fraction of sp³-hybridized carbons (Fsp3) is 0.538. The zero-order valence-electron chi connectivity index (χ0n) is 10.3. The zero-order chi connectivity index (χ0) is 12.1. The number of piperazine rings is 1. The molecule has 1 aromatic rings. The van der Waals surface area contributed by atoms with Crippen molar-refractivity contribution in [3.63, 3.8) is 0 Å². The van der Waals surface area contributed by atoms with E-state index in [9.17, 15) is 0 Å². The Hall–Kier alpha value is -0.710. The van der Waals surface area contributed by atoms with Crippen molar-refractivity contribution >= 4 is 12.6 Å². The molecule has 0 atom stereocenters. The molecule has 1 fully saturated rings. The molecule has 3 nitrogen and oxygen atoms in total. The largest absolute Gasteiger partial charge is 0.492 e. The maximum absolute atomic E-state index is 5.70. The van der Waals surface area contributed by atoms with Gasteiger partial charge >= 0.3 is 0 Å². The van der Waals surface area contributed by atoms with E-state index in [1.807, 2.05) is 24.3 Å². The normalized spacial score (nSPS) is 18.2. The summed E-state index contributed by atoms with van der Waals surface area (Å²) in [5, 5.41) is 0. The van der Waals surface area contributed by atoms with Gasteiger partial charge in [-0.05, 0) is 31.3 Å². The highest BCUT2D eigenvalue weighted by atomic mass is 32.1.